The summed E-state index contributed by atoms with van der Waals surface area (Å²) >= 11 is 0. The molecular formula is C15H15NO4. The van der Waals surface area contributed by atoms with Crippen molar-refractivity contribution in [1.82, 2.24) is 0 Å². The van der Waals surface area contributed by atoms with E-state index in [-0.39, 0.29) is 30.6 Å². The number of para-hydroxylation sites is 3. The third-order valence-electron chi connectivity index (χ3n) is 2.69. The lowest BCUT2D eigenvalue weighted by molar-refractivity contribution is -0.118. The second kappa shape index (κ2) is 6.58. The number of anilines is 1. The van der Waals surface area contributed by atoms with Crippen LogP contribution in [0.2, 0.25) is 0 Å². The van der Waals surface area contributed by atoms with Crippen LogP contribution in [0.1, 0.15) is 5.56 Å². The average Bonchev–Trinajstić information content (AvgIpc) is 2.47. The first-order chi connectivity index (χ1) is 9.70. The molecule has 3 N–H and O–H groups in total. The first kappa shape index (κ1) is 13.9. The number of amides is 1. The highest BCUT2D eigenvalue weighted by Gasteiger charge is 2.08. The fraction of sp³-hybridized carbons (Fsp3) is 0.133. The Balaban J connectivity index is 1.95. The first-order valence-corrected chi connectivity index (χ1v) is 6.10. The number of benzene rings is 2. The number of carbonyl (C=O) groups excluding carboxylic acids is 1. The van der Waals surface area contributed by atoms with Gasteiger partial charge in [-0.2, -0.15) is 0 Å². The summed E-state index contributed by atoms with van der Waals surface area (Å²) in [6, 6.07) is 13.4. The van der Waals surface area contributed by atoms with E-state index < -0.39 is 0 Å². The Hall–Kier alpha value is -2.53. The topological polar surface area (TPSA) is 78.8 Å². The number of carbonyl (C=O) groups is 1. The molecule has 0 fully saturated rings. The van der Waals surface area contributed by atoms with Crippen molar-refractivity contribution in [1.29, 1.82) is 0 Å². The molecule has 2 rings (SSSR count). The number of aromatic hydroxyl groups is 1. The van der Waals surface area contributed by atoms with Gasteiger partial charge in [-0.15, -0.1) is 0 Å². The molecule has 0 heterocycles. The van der Waals surface area contributed by atoms with Crippen molar-refractivity contribution in [2.75, 3.05) is 11.9 Å². The Morgan fingerprint density at radius 1 is 1.10 bits per heavy atom. The van der Waals surface area contributed by atoms with E-state index in [0.29, 0.717) is 11.3 Å². The lowest BCUT2D eigenvalue weighted by Crippen LogP contribution is -2.20. The molecule has 20 heavy (non-hydrogen) atoms. The maximum Gasteiger partial charge on any atom is 0.262 e. The third kappa shape index (κ3) is 3.49. The number of phenolic OH excluding ortho intramolecular Hbond substituents is 1. The summed E-state index contributed by atoms with van der Waals surface area (Å²) in [7, 11) is 0. The molecule has 2 aromatic rings. The fourth-order valence-electron chi connectivity index (χ4n) is 1.69. The van der Waals surface area contributed by atoms with Gasteiger partial charge in [-0.05, 0) is 18.2 Å². The summed E-state index contributed by atoms with van der Waals surface area (Å²) in [6.07, 6.45) is 0. The van der Waals surface area contributed by atoms with Gasteiger partial charge in [-0.3, -0.25) is 4.79 Å². The van der Waals surface area contributed by atoms with Gasteiger partial charge in [0.1, 0.15) is 0 Å². The van der Waals surface area contributed by atoms with Crippen molar-refractivity contribution in [3.8, 4) is 11.5 Å². The van der Waals surface area contributed by atoms with E-state index in [4.69, 9.17) is 9.84 Å². The van der Waals surface area contributed by atoms with Gasteiger partial charge < -0.3 is 20.3 Å². The van der Waals surface area contributed by atoms with Gasteiger partial charge in [0.15, 0.2) is 18.1 Å². The maximum absolute atomic E-state index is 11.8. The van der Waals surface area contributed by atoms with Crippen LogP contribution in [-0.4, -0.2) is 22.7 Å². The molecule has 0 saturated carbocycles. The van der Waals surface area contributed by atoms with Gasteiger partial charge in [0.25, 0.3) is 5.91 Å². The molecule has 0 atom stereocenters. The molecular weight excluding hydrogens is 258 g/mol. The summed E-state index contributed by atoms with van der Waals surface area (Å²) in [5, 5.41) is 21.3. The van der Waals surface area contributed by atoms with Gasteiger partial charge in [-0.1, -0.05) is 30.3 Å². The minimum absolute atomic E-state index is 0.0175. The summed E-state index contributed by atoms with van der Waals surface area (Å²) in [5.74, 6) is -0.136. The first-order valence-electron chi connectivity index (χ1n) is 6.10. The van der Waals surface area contributed by atoms with Gasteiger partial charge in [0, 0.05) is 11.3 Å². The van der Waals surface area contributed by atoms with Gasteiger partial charge in [-0.25, -0.2) is 0 Å². The van der Waals surface area contributed by atoms with Crippen LogP contribution in [0.5, 0.6) is 11.5 Å². The molecule has 0 unspecified atom stereocenters. The number of aliphatic hydroxyl groups is 1. The highest BCUT2D eigenvalue weighted by atomic mass is 16.5. The van der Waals surface area contributed by atoms with E-state index in [9.17, 15) is 9.90 Å². The van der Waals surface area contributed by atoms with Crippen LogP contribution in [-0.2, 0) is 11.4 Å². The largest absolute Gasteiger partial charge is 0.504 e. The summed E-state index contributed by atoms with van der Waals surface area (Å²) in [4.78, 5) is 11.8. The molecule has 0 bridgehead atoms. The Morgan fingerprint density at radius 2 is 1.80 bits per heavy atom. The predicted molar refractivity (Wildman–Crippen MR) is 74.6 cm³/mol. The lowest BCUT2D eigenvalue weighted by atomic mass is 10.2. The van der Waals surface area contributed by atoms with Crippen LogP contribution in [0.4, 0.5) is 5.69 Å². The van der Waals surface area contributed by atoms with Crippen LogP contribution < -0.4 is 10.1 Å². The van der Waals surface area contributed by atoms with Crippen molar-refractivity contribution < 1.29 is 19.7 Å². The lowest BCUT2D eigenvalue weighted by Gasteiger charge is -2.10. The number of ether oxygens (including phenoxy) is 1. The Kier molecular flexibility index (Phi) is 4.57. The molecule has 1 amide bonds. The third-order valence-corrected chi connectivity index (χ3v) is 2.69. The van der Waals surface area contributed by atoms with Gasteiger partial charge in [0.05, 0.1) is 6.61 Å². The molecule has 2 aromatic carbocycles. The predicted octanol–water partition coefficient (Wildman–Crippen LogP) is 1.90. The van der Waals surface area contributed by atoms with Crippen LogP contribution >= 0.6 is 0 Å². The van der Waals surface area contributed by atoms with Crippen molar-refractivity contribution in [3.05, 3.63) is 54.1 Å². The second-order valence-electron chi connectivity index (χ2n) is 4.12. The van der Waals surface area contributed by atoms with Gasteiger partial charge >= 0.3 is 0 Å². The zero-order valence-electron chi connectivity index (χ0n) is 10.7. The van der Waals surface area contributed by atoms with E-state index in [1.165, 1.54) is 6.07 Å². The molecule has 5 nitrogen and oxygen atoms in total. The molecule has 5 heteroatoms. The Labute approximate surface area is 116 Å². The number of phenols is 1. The monoisotopic (exact) mass is 273 g/mol. The van der Waals surface area contributed by atoms with Crippen LogP contribution in [0.3, 0.4) is 0 Å². The van der Waals surface area contributed by atoms with E-state index in [1.54, 1.807) is 42.5 Å². The number of aliphatic hydroxyl groups excluding tert-OH is 1. The molecule has 0 aliphatic carbocycles. The molecule has 0 radical (unpaired) electrons. The molecule has 0 saturated heterocycles. The SMILES string of the molecule is O=C(COc1ccccc1O)Nc1ccccc1CO. The van der Waals surface area contributed by atoms with Crippen LogP contribution in [0.15, 0.2) is 48.5 Å². The van der Waals surface area contributed by atoms with Crippen molar-refractivity contribution in [2.45, 2.75) is 6.61 Å². The van der Waals surface area contributed by atoms with Crippen LogP contribution in [0.25, 0.3) is 0 Å². The smallest absolute Gasteiger partial charge is 0.262 e. The minimum atomic E-state index is -0.367. The molecule has 0 spiro atoms. The standard InChI is InChI=1S/C15H15NO4/c17-9-11-5-1-2-6-12(11)16-15(19)10-20-14-8-4-3-7-13(14)18/h1-8,17-18H,9-10H2,(H,16,19). The highest BCUT2D eigenvalue weighted by molar-refractivity contribution is 5.92. The van der Waals surface area contributed by atoms with Crippen molar-refractivity contribution in [2.24, 2.45) is 0 Å². The van der Waals surface area contributed by atoms with E-state index in [2.05, 4.69) is 5.32 Å². The molecule has 0 aliphatic rings. The normalized spacial score (nSPS) is 10.1. The summed E-state index contributed by atoms with van der Waals surface area (Å²) in [5.41, 5.74) is 1.17. The van der Waals surface area contributed by atoms with E-state index >= 15 is 0 Å². The van der Waals surface area contributed by atoms with E-state index in [0.717, 1.165) is 0 Å². The second-order valence-corrected chi connectivity index (χ2v) is 4.12. The molecule has 0 aromatic heterocycles. The Bertz CT molecular complexity index is 598. The fourth-order valence-corrected chi connectivity index (χ4v) is 1.69. The number of nitrogens with one attached hydrogen (secondary N) is 1. The minimum Gasteiger partial charge on any atom is -0.504 e. The number of hydrogen-bond donors (Lipinski definition) is 3. The quantitative estimate of drug-likeness (QED) is 0.777. The summed E-state index contributed by atoms with van der Waals surface area (Å²) in [6.45, 7) is -0.381. The molecule has 0 aliphatic heterocycles. The zero-order valence-corrected chi connectivity index (χ0v) is 10.7. The van der Waals surface area contributed by atoms with E-state index in [1.807, 2.05) is 0 Å². The zero-order chi connectivity index (χ0) is 14.4. The van der Waals surface area contributed by atoms with Crippen LogP contribution in [0, 0.1) is 0 Å². The molecule has 104 valence electrons. The van der Waals surface area contributed by atoms with Crippen molar-refractivity contribution >= 4 is 11.6 Å². The number of hydrogen-bond acceptors (Lipinski definition) is 4. The maximum atomic E-state index is 11.8. The van der Waals surface area contributed by atoms with Crippen molar-refractivity contribution in [3.63, 3.8) is 0 Å². The van der Waals surface area contributed by atoms with Gasteiger partial charge in [0.2, 0.25) is 0 Å². The Morgan fingerprint density at radius 3 is 2.55 bits per heavy atom. The summed E-state index contributed by atoms with van der Waals surface area (Å²) < 4.78 is 5.22. The number of rotatable bonds is 5. The highest BCUT2D eigenvalue weighted by Crippen LogP contribution is 2.24. The average molecular weight is 273 g/mol.